The van der Waals surface area contributed by atoms with Crippen LogP contribution in [0.25, 0.3) is 11.3 Å². The monoisotopic (exact) mass is 516 g/mol. The number of halogens is 4. The fourth-order valence-electron chi connectivity index (χ4n) is 3.34. The molecule has 1 aliphatic carbocycles. The minimum Gasteiger partial charge on any atom is -0.390 e. The van der Waals surface area contributed by atoms with E-state index in [4.69, 9.17) is 0 Å². The zero-order chi connectivity index (χ0) is 17.9. The van der Waals surface area contributed by atoms with E-state index in [9.17, 15) is 10.2 Å². The Bertz CT molecular complexity index is 842. The van der Waals surface area contributed by atoms with Crippen molar-refractivity contribution in [3.8, 4) is 11.3 Å². The molecule has 0 saturated heterocycles. The van der Waals surface area contributed by atoms with Gasteiger partial charge in [-0.3, -0.25) is 9.67 Å². The van der Waals surface area contributed by atoms with E-state index in [1.165, 1.54) is 0 Å². The van der Waals surface area contributed by atoms with Crippen molar-refractivity contribution in [3.05, 3.63) is 47.3 Å². The average Bonchev–Trinajstić information content (AvgIpc) is 3.40. The quantitative estimate of drug-likeness (QED) is 0.460. The summed E-state index contributed by atoms with van der Waals surface area (Å²) >= 11 is 1.57. The van der Waals surface area contributed by atoms with Crippen molar-refractivity contribution < 1.29 is 10.2 Å². The van der Waals surface area contributed by atoms with Crippen molar-refractivity contribution in [3.63, 3.8) is 0 Å². The zero-order valence-electron chi connectivity index (χ0n) is 15.6. The maximum atomic E-state index is 10.4. The number of nitrogens with zero attached hydrogens (tertiary/aromatic N) is 5. The molecule has 4 atom stereocenters. The summed E-state index contributed by atoms with van der Waals surface area (Å²) in [5.41, 5.74) is 1.64. The lowest BCUT2D eigenvalue weighted by Gasteiger charge is -2.17. The van der Waals surface area contributed by atoms with Crippen LogP contribution in [0.5, 0.6) is 0 Å². The fraction of sp³-hybridized carbons (Fsp3) is 0.412. The number of thiazole rings is 1. The largest absolute Gasteiger partial charge is 0.390 e. The molecule has 1 aliphatic rings. The summed E-state index contributed by atoms with van der Waals surface area (Å²) in [5, 5.41) is 35.2. The first-order valence-corrected chi connectivity index (χ1v) is 9.37. The Kier molecular flexibility index (Phi) is 12.9. The van der Waals surface area contributed by atoms with Crippen LogP contribution in [0.2, 0.25) is 0 Å². The van der Waals surface area contributed by atoms with Crippen LogP contribution in [-0.2, 0) is 13.1 Å². The van der Waals surface area contributed by atoms with Crippen LogP contribution >= 0.6 is 61.0 Å². The third kappa shape index (κ3) is 6.73. The van der Waals surface area contributed by atoms with Gasteiger partial charge >= 0.3 is 0 Å². The minimum absolute atomic E-state index is 0. The van der Waals surface area contributed by atoms with Gasteiger partial charge in [0, 0.05) is 54.6 Å². The predicted molar refractivity (Wildman–Crippen MR) is 125 cm³/mol. The van der Waals surface area contributed by atoms with E-state index in [2.05, 4.69) is 25.6 Å². The molecule has 0 spiro atoms. The van der Waals surface area contributed by atoms with Gasteiger partial charge in [0.2, 0.25) is 0 Å². The fourth-order valence-corrected chi connectivity index (χ4v) is 3.91. The van der Waals surface area contributed by atoms with Crippen molar-refractivity contribution in [2.75, 3.05) is 0 Å². The molecule has 1 saturated carbocycles. The van der Waals surface area contributed by atoms with E-state index in [1.54, 1.807) is 34.6 Å². The third-order valence-corrected chi connectivity index (χ3v) is 5.50. The number of rotatable bonds is 6. The van der Waals surface area contributed by atoms with Gasteiger partial charge in [0.05, 0.1) is 18.4 Å². The molecular formula is C17H24Cl4N6O2S. The molecule has 3 aromatic heterocycles. The smallest absolute Gasteiger partial charge is 0.114 e. The number of aliphatic hydroxyl groups is 2. The van der Waals surface area contributed by atoms with Crippen molar-refractivity contribution in [2.45, 2.75) is 37.8 Å². The van der Waals surface area contributed by atoms with Crippen molar-refractivity contribution in [2.24, 2.45) is 5.92 Å². The Balaban J connectivity index is 0.00000210. The molecule has 0 aliphatic heterocycles. The summed E-state index contributed by atoms with van der Waals surface area (Å²) in [6.45, 7) is 1.09. The summed E-state index contributed by atoms with van der Waals surface area (Å²) in [5.74, 6) is -0.0951. The molecular weight excluding hydrogens is 494 g/mol. The highest BCUT2D eigenvalue weighted by Gasteiger charge is 2.41. The lowest BCUT2D eigenvalue weighted by molar-refractivity contribution is 0.00722. The lowest BCUT2D eigenvalue weighted by atomic mass is 10.1. The summed E-state index contributed by atoms with van der Waals surface area (Å²) in [4.78, 5) is 8.31. The van der Waals surface area contributed by atoms with Gasteiger partial charge in [-0.15, -0.1) is 66.1 Å². The molecule has 3 aromatic rings. The van der Waals surface area contributed by atoms with Crippen LogP contribution < -0.4 is 5.32 Å². The van der Waals surface area contributed by atoms with Crippen molar-refractivity contribution >= 4 is 61.0 Å². The molecule has 0 amide bonds. The lowest BCUT2D eigenvalue weighted by Crippen LogP contribution is -2.39. The molecule has 0 bridgehead atoms. The number of nitrogens with one attached hydrogen (secondary N) is 1. The van der Waals surface area contributed by atoms with Gasteiger partial charge in [-0.05, 0) is 18.6 Å². The summed E-state index contributed by atoms with van der Waals surface area (Å²) in [6, 6.07) is 3.61. The summed E-state index contributed by atoms with van der Waals surface area (Å²) in [7, 11) is 0. The van der Waals surface area contributed by atoms with Crippen LogP contribution in [0.3, 0.4) is 0 Å². The van der Waals surface area contributed by atoms with Gasteiger partial charge in [-0.2, -0.15) is 0 Å². The van der Waals surface area contributed by atoms with E-state index >= 15 is 0 Å². The molecule has 4 rings (SSSR count). The summed E-state index contributed by atoms with van der Waals surface area (Å²) in [6.07, 6.45) is 6.11. The maximum Gasteiger partial charge on any atom is 0.114 e. The SMILES string of the molecule is Cl.Cl.Cl.Cl.O[C@@H]1[C@@H](Cn2cc(-c3cccnc3)nn2)C[C@@H](NCc2nccs2)[C@@H]1O. The van der Waals surface area contributed by atoms with Crippen LogP contribution in [-0.4, -0.2) is 53.4 Å². The third-order valence-electron chi connectivity index (χ3n) is 4.72. The van der Waals surface area contributed by atoms with Gasteiger partial charge in [0.25, 0.3) is 0 Å². The average molecular weight is 518 g/mol. The Hall–Kier alpha value is -1.04. The highest BCUT2D eigenvalue weighted by molar-refractivity contribution is 7.09. The molecule has 0 unspecified atom stereocenters. The predicted octanol–water partition coefficient (Wildman–Crippen LogP) is 2.38. The molecule has 30 heavy (non-hydrogen) atoms. The number of aliphatic hydroxyl groups excluding tert-OH is 2. The Labute approximate surface area is 203 Å². The molecule has 8 nitrogen and oxygen atoms in total. The van der Waals surface area contributed by atoms with Gasteiger partial charge in [0.1, 0.15) is 10.7 Å². The molecule has 0 radical (unpaired) electrons. The molecule has 13 heteroatoms. The molecule has 0 aromatic carbocycles. The second-order valence-corrected chi connectivity index (χ2v) is 7.44. The highest BCUT2D eigenvalue weighted by atomic mass is 35.5. The van der Waals surface area contributed by atoms with Crippen LogP contribution in [0.15, 0.2) is 42.3 Å². The zero-order valence-corrected chi connectivity index (χ0v) is 19.7. The van der Waals surface area contributed by atoms with E-state index < -0.39 is 12.2 Å². The topological polar surface area (TPSA) is 109 Å². The van der Waals surface area contributed by atoms with E-state index in [-0.39, 0.29) is 61.6 Å². The highest BCUT2D eigenvalue weighted by Crippen LogP contribution is 2.29. The Morgan fingerprint density at radius 1 is 1.13 bits per heavy atom. The van der Waals surface area contributed by atoms with Gasteiger partial charge in [-0.1, -0.05) is 5.21 Å². The van der Waals surface area contributed by atoms with Gasteiger partial charge < -0.3 is 15.5 Å². The Morgan fingerprint density at radius 3 is 2.60 bits per heavy atom. The second kappa shape index (κ2) is 13.4. The molecule has 1 fully saturated rings. The first-order valence-electron chi connectivity index (χ1n) is 8.49. The van der Waals surface area contributed by atoms with Crippen LogP contribution in [0.1, 0.15) is 11.4 Å². The number of hydrogen-bond acceptors (Lipinski definition) is 8. The normalized spacial score (nSPS) is 22.2. The molecule has 168 valence electrons. The van der Waals surface area contributed by atoms with Crippen molar-refractivity contribution in [1.29, 1.82) is 0 Å². The van der Waals surface area contributed by atoms with Crippen molar-refractivity contribution in [1.82, 2.24) is 30.3 Å². The second-order valence-electron chi connectivity index (χ2n) is 6.46. The molecule has 3 heterocycles. The van der Waals surface area contributed by atoms with E-state index in [0.717, 1.165) is 16.3 Å². The summed E-state index contributed by atoms with van der Waals surface area (Å²) < 4.78 is 1.71. The first kappa shape index (κ1) is 29.0. The van der Waals surface area contributed by atoms with E-state index in [1.807, 2.05) is 23.7 Å². The van der Waals surface area contributed by atoms with Crippen LogP contribution in [0, 0.1) is 5.92 Å². The number of hydrogen-bond donors (Lipinski definition) is 3. The number of pyridine rings is 1. The van der Waals surface area contributed by atoms with Gasteiger partial charge in [0.15, 0.2) is 0 Å². The molecule has 3 N–H and O–H groups in total. The number of aromatic nitrogens is 5. The first-order chi connectivity index (χ1) is 12.7. The maximum absolute atomic E-state index is 10.4. The van der Waals surface area contributed by atoms with E-state index in [0.29, 0.717) is 19.5 Å². The minimum atomic E-state index is -0.804. The van der Waals surface area contributed by atoms with Crippen LogP contribution in [0.4, 0.5) is 0 Å². The standard InChI is InChI=1S/C17H20N6O2S.4ClH/c24-16-12(6-13(17(16)25)20-8-15-19-4-5-26-15)9-23-10-14(21-22-23)11-2-1-3-18-7-11;;;;/h1-5,7,10,12-13,16-17,20,24-25H,6,8-9H2;4*1H/t12-,13-,16-,17+;;;;/m1..../s1. The van der Waals surface area contributed by atoms with Gasteiger partial charge in [-0.25, -0.2) is 4.98 Å². The Morgan fingerprint density at radius 2 is 1.93 bits per heavy atom.